The Labute approximate surface area is 245 Å². The first kappa shape index (κ1) is 33.1. The van der Waals surface area contributed by atoms with Crippen molar-refractivity contribution in [3.63, 3.8) is 0 Å². The van der Waals surface area contributed by atoms with Crippen LogP contribution in [0.15, 0.2) is 36.4 Å². The topological polar surface area (TPSA) is 108 Å². The molecule has 0 spiro atoms. The number of aromatic nitrogens is 1. The molecule has 0 atom stereocenters. The normalized spacial score (nSPS) is 10.3. The molecule has 9 nitrogen and oxygen atoms in total. The van der Waals surface area contributed by atoms with Gasteiger partial charge < -0.3 is 34.9 Å². The molecule has 2 aromatic carbocycles. The molecule has 0 radical (unpaired) electrons. The minimum Gasteiger partial charge on any atom is -0.497 e. The summed E-state index contributed by atoms with van der Waals surface area (Å²) in [4.78, 5) is 19.9. The number of hydrogen-bond acceptors (Lipinski definition) is 8. The van der Waals surface area contributed by atoms with E-state index in [0.29, 0.717) is 59.7 Å². The fraction of sp³-hybridized carbons (Fsp3) is 0.438. The molecule has 0 aliphatic carbocycles. The summed E-state index contributed by atoms with van der Waals surface area (Å²) in [6.07, 6.45) is 2.11. The van der Waals surface area contributed by atoms with Gasteiger partial charge in [0.25, 0.3) is 0 Å². The van der Waals surface area contributed by atoms with Crippen molar-refractivity contribution in [1.29, 1.82) is 0 Å². The summed E-state index contributed by atoms with van der Waals surface area (Å²) in [5.41, 5.74) is 11.0. The highest BCUT2D eigenvalue weighted by Gasteiger charge is 2.23. The first-order valence-corrected chi connectivity index (χ1v) is 14.0. The number of nitrogens with one attached hydrogen (secondary N) is 1. The lowest BCUT2D eigenvalue weighted by atomic mass is 10.1. The summed E-state index contributed by atoms with van der Waals surface area (Å²) < 4.78 is 22.2. The number of pyridine rings is 1. The lowest BCUT2D eigenvalue weighted by Crippen LogP contribution is -2.27. The zero-order valence-electron chi connectivity index (χ0n) is 26.0. The second-order valence-corrected chi connectivity index (χ2v) is 9.30. The van der Waals surface area contributed by atoms with Crippen LogP contribution < -0.4 is 34.9 Å². The summed E-state index contributed by atoms with van der Waals surface area (Å²) in [6, 6.07) is 11.4. The summed E-state index contributed by atoms with van der Waals surface area (Å²) in [5, 5.41) is 3.06. The maximum atomic E-state index is 12.9. The van der Waals surface area contributed by atoms with Crippen molar-refractivity contribution in [2.75, 3.05) is 44.4 Å². The number of rotatable bonds is 13. The second-order valence-electron chi connectivity index (χ2n) is 9.30. The Hall–Kier alpha value is -4.14. The number of hydrogen-bond donors (Lipinski definition) is 2. The van der Waals surface area contributed by atoms with Gasteiger partial charge in [-0.05, 0) is 50.1 Å². The monoisotopic (exact) mass is 566 g/mol. The molecule has 224 valence electrons. The van der Waals surface area contributed by atoms with Gasteiger partial charge in [-0.1, -0.05) is 27.2 Å². The molecule has 3 aromatic rings. The number of carbonyl (C=O) groups excluding carboxylic acids is 1. The number of unbranched alkanes of at least 4 members (excludes halogenated alkanes) is 1. The molecule has 0 fully saturated rings. The van der Waals surface area contributed by atoms with Crippen molar-refractivity contribution in [3.05, 3.63) is 58.8 Å². The highest BCUT2D eigenvalue weighted by atomic mass is 16.5. The lowest BCUT2D eigenvalue weighted by Gasteiger charge is -2.29. The van der Waals surface area contributed by atoms with Crippen LogP contribution >= 0.6 is 0 Å². The van der Waals surface area contributed by atoms with E-state index in [2.05, 4.69) is 17.1 Å². The second kappa shape index (κ2) is 16.2. The summed E-state index contributed by atoms with van der Waals surface area (Å²) >= 11 is 0. The van der Waals surface area contributed by atoms with Gasteiger partial charge in [-0.3, -0.25) is 4.79 Å². The zero-order valence-corrected chi connectivity index (χ0v) is 26.0. The number of ether oxygens (including phenoxy) is 4. The van der Waals surface area contributed by atoms with Gasteiger partial charge >= 0.3 is 0 Å². The molecular weight excluding hydrogens is 520 g/mol. The number of nitrogen functional groups attached to an aromatic ring is 1. The molecule has 0 unspecified atom stereocenters. The summed E-state index contributed by atoms with van der Waals surface area (Å²) in [7, 11) is 6.49. The number of methoxy groups -OCH3 is 4. The van der Waals surface area contributed by atoms with E-state index in [-0.39, 0.29) is 5.91 Å². The lowest BCUT2D eigenvalue weighted by molar-refractivity contribution is -0.116. The molecule has 0 aliphatic heterocycles. The van der Waals surface area contributed by atoms with Gasteiger partial charge in [0.05, 0.1) is 34.1 Å². The number of carbonyl (C=O) groups is 1. The third-order valence-corrected chi connectivity index (χ3v) is 6.75. The van der Waals surface area contributed by atoms with Crippen LogP contribution in [0.5, 0.6) is 23.0 Å². The molecule has 1 amide bonds. The Kier molecular flexibility index (Phi) is 13.1. The zero-order chi connectivity index (χ0) is 30.5. The number of nitrogens with zero attached hydrogens (tertiary/aromatic N) is 2. The van der Waals surface area contributed by atoms with Crippen LogP contribution in [0, 0.1) is 13.8 Å². The molecule has 0 saturated heterocycles. The van der Waals surface area contributed by atoms with Gasteiger partial charge in [0.15, 0.2) is 5.82 Å². The fourth-order valence-electron chi connectivity index (χ4n) is 4.27. The van der Waals surface area contributed by atoms with Crippen LogP contribution in [0.3, 0.4) is 0 Å². The molecule has 0 bridgehead atoms. The van der Waals surface area contributed by atoms with E-state index in [1.807, 2.05) is 64.1 Å². The van der Waals surface area contributed by atoms with E-state index < -0.39 is 0 Å². The summed E-state index contributed by atoms with van der Waals surface area (Å²) in [5.74, 6) is 3.20. The first-order chi connectivity index (χ1) is 19.8. The predicted octanol–water partition coefficient (Wildman–Crippen LogP) is 6.68. The molecule has 1 aromatic heterocycles. The van der Waals surface area contributed by atoms with Crippen LogP contribution in [0.2, 0.25) is 0 Å². The van der Waals surface area contributed by atoms with Crippen LogP contribution in [-0.2, 0) is 17.9 Å². The molecule has 41 heavy (non-hydrogen) atoms. The molecule has 9 heteroatoms. The quantitative estimate of drug-likeness (QED) is 0.236. The van der Waals surface area contributed by atoms with Gasteiger partial charge in [-0.15, -0.1) is 0 Å². The van der Waals surface area contributed by atoms with E-state index in [1.165, 1.54) is 0 Å². The van der Waals surface area contributed by atoms with Gasteiger partial charge in [-0.2, -0.15) is 0 Å². The smallest absolute Gasteiger partial charge is 0.224 e. The Bertz CT molecular complexity index is 1240. The fourth-order valence-corrected chi connectivity index (χ4v) is 4.27. The van der Waals surface area contributed by atoms with Crippen molar-refractivity contribution in [3.8, 4) is 23.0 Å². The van der Waals surface area contributed by atoms with Crippen molar-refractivity contribution in [2.24, 2.45) is 0 Å². The maximum Gasteiger partial charge on any atom is 0.224 e. The van der Waals surface area contributed by atoms with E-state index in [4.69, 9.17) is 29.7 Å². The van der Waals surface area contributed by atoms with Crippen LogP contribution in [-0.4, -0.2) is 39.3 Å². The summed E-state index contributed by atoms with van der Waals surface area (Å²) in [6.45, 7) is 10.7. The van der Waals surface area contributed by atoms with Crippen LogP contribution in [0.1, 0.15) is 62.4 Å². The van der Waals surface area contributed by atoms with Crippen molar-refractivity contribution in [2.45, 2.75) is 67.0 Å². The van der Waals surface area contributed by atoms with Crippen molar-refractivity contribution in [1.82, 2.24) is 4.98 Å². The Balaban J connectivity index is 0.00000287. The number of anilines is 3. The van der Waals surface area contributed by atoms with Crippen LogP contribution in [0.4, 0.5) is 17.2 Å². The predicted molar refractivity (Wildman–Crippen MR) is 167 cm³/mol. The number of nitrogens with two attached hydrogens (primary N) is 1. The average Bonchev–Trinajstić information content (AvgIpc) is 3.01. The van der Waals surface area contributed by atoms with Gasteiger partial charge in [0.1, 0.15) is 28.7 Å². The molecule has 0 aliphatic rings. The van der Waals surface area contributed by atoms with Gasteiger partial charge in [0.2, 0.25) is 5.91 Å². The maximum absolute atomic E-state index is 12.9. The highest BCUT2D eigenvalue weighted by Crippen LogP contribution is 2.38. The Morgan fingerprint density at radius 3 is 1.83 bits per heavy atom. The van der Waals surface area contributed by atoms with Gasteiger partial charge in [0, 0.05) is 48.5 Å². The standard InChI is InChI=1S/C30H40N4O5.C2H6/c1-8-9-10-27(35)33-29-28(31)19(2)20(3)32-30(29)34(17-21-11-13-23(36-4)15-25(21)38-6)18-22-12-14-24(37-5)16-26(22)39-7;1-2/h11-16H,8-10,17-18H2,1-7H3,(H2,31,32)(H,33,35);1-2H3. The number of amides is 1. The molecular formula is C32H46N4O5. The minimum atomic E-state index is -0.0983. The van der Waals surface area contributed by atoms with E-state index in [1.54, 1.807) is 28.4 Å². The molecule has 1 heterocycles. The minimum absolute atomic E-state index is 0.0983. The van der Waals surface area contributed by atoms with Gasteiger partial charge in [-0.25, -0.2) is 4.98 Å². The van der Waals surface area contributed by atoms with Crippen molar-refractivity contribution >= 4 is 23.1 Å². The van der Waals surface area contributed by atoms with E-state index in [0.717, 1.165) is 35.2 Å². The molecule has 3 rings (SSSR count). The SMILES string of the molecule is CC.CCCCC(=O)Nc1c(N(Cc2ccc(OC)cc2OC)Cc2ccc(OC)cc2OC)nc(C)c(C)c1N. The Morgan fingerprint density at radius 1 is 0.878 bits per heavy atom. The number of aryl methyl sites for hydroxylation is 1. The highest BCUT2D eigenvalue weighted by molar-refractivity contribution is 5.98. The third-order valence-electron chi connectivity index (χ3n) is 6.75. The third kappa shape index (κ3) is 8.42. The van der Waals surface area contributed by atoms with Crippen LogP contribution in [0.25, 0.3) is 0 Å². The number of benzene rings is 2. The van der Waals surface area contributed by atoms with Crippen molar-refractivity contribution < 1.29 is 23.7 Å². The molecule has 3 N–H and O–H groups in total. The van der Waals surface area contributed by atoms with E-state index >= 15 is 0 Å². The largest absolute Gasteiger partial charge is 0.497 e. The Morgan fingerprint density at radius 2 is 1.39 bits per heavy atom. The molecule has 0 saturated carbocycles. The first-order valence-electron chi connectivity index (χ1n) is 14.0. The average molecular weight is 567 g/mol. The van der Waals surface area contributed by atoms with E-state index in [9.17, 15) is 4.79 Å².